The smallest absolute Gasteiger partial charge is 0.244 e. The zero-order valence-corrected chi connectivity index (χ0v) is 24.3. The van der Waals surface area contributed by atoms with Crippen molar-refractivity contribution in [2.24, 2.45) is 0 Å². The van der Waals surface area contributed by atoms with Gasteiger partial charge in [-0.3, -0.25) is 13.9 Å². The summed E-state index contributed by atoms with van der Waals surface area (Å²) >= 11 is 12.3. The highest BCUT2D eigenvalue weighted by Gasteiger charge is 2.33. The predicted molar refractivity (Wildman–Crippen MR) is 151 cm³/mol. The van der Waals surface area contributed by atoms with Crippen LogP contribution in [0.4, 0.5) is 5.69 Å². The number of hydrogen-bond donors (Lipinski definition) is 1. The van der Waals surface area contributed by atoms with Gasteiger partial charge in [-0.1, -0.05) is 55.5 Å². The van der Waals surface area contributed by atoms with E-state index in [1.54, 1.807) is 30.3 Å². The second-order valence-electron chi connectivity index (χ2n) is 9.84. The maximum Gasteiger partial charge on any atom is 0.244 e. The van der Waals surface area contributed by atoms with Crippen molar-refractivity contribution in [3.8, 4) is 11.5 Å². The summed E-state index contributed by atoms with van der Waals surface area (Å²) in [7, 11) is -3.87. The van der Waals surface area contributed by atoms with Crippen LogP contribution in [0.3, 0.4) is 0 Å². The van der Waals surface area contributed by atoms with Crippen LogP contribution in [0.5, 0.6) is 11.5 Å². The molecule has 1 fully saturated rings. The first kappa shape index (κ1) is 29.3. The maximum absolute atomic E-state index is 13.9. The quantitative estimate of drug-likeness (QED) is 0.424. The van der Waals surface area contributed by atoms with E-state index in [2.05, 4.69) is 5.32 Å². The number of amides is 2. The van der Waals surface area contributed by atoms with Crippen LogP contribution in [0.1, 0.15) is 51.0 Å². The minimum absolute atomic E-state index is 0.0301. The number of hydrogen-bond acceptors (Lipinski definition) is 6. The van der Waals surface area contributed by atoms with Gasteiger partial charge in [0.05, 0.1) is 22.0 Å². The number of carbonyl (C=O) groups is 2. The van der Waals surface area contributed by atoms with Crippen molar-refractivity contribution >= 4 is 50.7 Å². The largest absolute Gasteiger partial charge is 0.454 e. The van der Waals surface area contributed by atoms with Gasteiger partial charge in [-0.25, -0.2) is 8.42 Å². The van der Waals surface area contributed by atoms with E-state index < -0.39 is 28.5 Å². The summed E-state index contributed by atoms with van der Waals surface area (Å²) in [5.74, 6) is 0.0892. The van der Waals surface area contributed by atoms with Crippen molar-refractivity contribution in [2.45, 2.75) is 64.1 Å². The van der Waals surface area contributed by atoms with E-state index in [0.29, 0.717) is 33.5 Å². The molecule has 1 saturated carbocycles. The van der Waals surface area contributed by atoms with Crippen molar-refractivity contribution in [3.63, 3.8) is 0 Å². The number of sulfonamides is 1. The molecule has 9 nitrogen and oxygen atoms in total. The highest BCUT2D eigenvalue weighted by Crippen LogP contribution is 2.36. The van der Waals surface area contributed by atoms with Crippen LogP contribution >= 0.6 is 23.2 Å². The molecule has 2 aromatic rings. The lowest BCUT2D eigenvalue weighted by Gasteiger charge is -2.34. The van der Waals surface area contributed by atoms with Crippen molar-refractivity contribution in [1.29, 1.82) is 0 Å². The van der Waals surface area contributed by atoms with Gasteiger partial charge in [0.15, 0.2) is 11.5 Å². The molecular formula is C27H33Cl2N3O6S. The highest BCUT2D eigenvalue weighted by atomic mass is 35.5. The Morgan fingerprint density at radius 2 is 1.74 bits per heavy atom. The predicted octanol–water partition coefficient (Wildman–Crippen LogP) is 4.74. The van der Waals surface area contributed by atoms with Crippen LogP contribution in [0.25, 0.3) is 0 Å². The number of benzene rings is 2. The van der Waals surface area contributed by atoms with Crippen molar-refractivity contribution in [1.82, 2.24) is 10.2 Å². The number of nitrogens with zero attached hydrogens (tertiary/aromatic N) is 2. The normalized spacial score (nSPS) is 16.0. The molecule has 0 aromatic heterocycles. The Bertz CT molecular complexity index is 1320. The van der Waals surface area contributed by atoms with Crippen LogP contribution in [0.15, 0.2) is 36.4 Å². The van der Waals surface area contributed by atoms with Crippen LogP contribution in [0, 0.1) is 0 Å². The summed E-state index contributed by atoms with van der Waals surface area (Å²) in [5, 5.41) is 3.80. The van der Waals surface area contributed by atoms with Crippen LogP contribution in [-0.4, -0.2) is 56.8 Å². The van der Waals surface area contributed by atoms with Crippen LogP contribution in [-0.2, 0) is 26.2 Å². The number of ether oxygens (including phenoxy) is 2. The van der Waals surface area contributed by atoms with Gasteiger partial charge >= 0.3 is 0 Å². The Morgan fingerprint density at radius 1 is 1.03 bits per heavy atom. The average molecular weight is 599 g/mol. The molecule has 39 heavy (non-hydrogen) atoms. The lowest BCUT2D eigenvalue weighted by Crippen LogP contribution is -2.53. The molecule has 212 valence electrons. The van der Waals surface area contributed by atoms with Gasteiger partial charge in [-0.2, -0.15) is 0 Å². The maximum atomic E-state index is 13.9. The van der Waals surface area contributed by atoms with Gasteiger partial charge in [0.1, 0.15) is 12.6 Å². The van der Waals surface area contributed by atoms with Crippen LogP contribution < -0.4 is 19.1 Å². The first-order valence-electron chi connectivity index (χ1n) is 13.0. The molecular weight excluding hydrogens is 565 g/mol. The topological polar surface area (TPSA) is 105 Å². The molecule has 1 atom stereocenters. The van der Waals surface area contributed by atoms with E-state index in [-0.39, 0.29) is 31.0 Å². The highest BCUT2D eigenvalue weighted by molar-refractivity contribution is 7.92. The van der Waals surface area contributed by atoms with E-state index in [1.165, 1.54) is 11.0 Å². The van der Waals surface area contributed by atoms with Gasteiger partial charge in [0.2, 0.25) is 28.6 Å². The number of halogens is 2. The number of rotatable bonds is 10. The number of fused-ring (bicyclic) bond motifs is 1. The molecule has 0 spiro atoms. The Hall–Kier alpha value is -2.69. The lowest BCUT2D eigenvalue weighted by molar-refractivity contribution is -0.140. The number of carbonyl (C=O) groups excluding carboxylic acids is 2. The van der Waals surface area contributed by atoms with Gasteiger partial charge in [-0.05, 0) is 49.1 Å². The van der Waals surface area contributed by atoms with E-state index in [0.717, 1.165) is 42.7 Å². The third-order valence-electron chi connectivity index (χ3n) is 7.00. The lowest BCUT2D eigenvalue weighted by atomic mass is 9.95. The molecule has 12 heteroatoms. The van der Waals surface area contributed by atoms with Gasteiger partial charge in [0, 0.05) is 18.7 Å². The summed E-state index contributed by atoms with van der Waals surface area (Å²) in [5.41, 5.74) is 0.917. The molecule has 1 heterocycles. The molecule has 2 aliphatic rings. The fourth-order valence-electron chi connectivity index (χ4n) is 4.95. The van der Waals surface area contributed by atoms with Gasteiger partial charge < -0.3 is 19.7 Å². The van der Waals surface area contributed by atoms with Crippen molar-refractivity contribution in [2.75, 3.05) is 23.9 Å². The zero-order chi connectivity index (χ0) is 28.2. The minimum atomic E-state index is -3.87. The third kappa shape index (κ3) is 7.29. The first-order valence-corrected chi connectivity index (χ1v) is 15.6. The average Bonchev–Trinajstić information content (AvgIpc) is 3.37. The second-order valence-corrected chi connectivity index (χ2v) is 12.6. The van der Waals surface area contributed by atoms with E-state index >= 15 is 0 Å². The molecule has 0 radical (unpaired) electrons. The van der Waals surface area contributed by atoms with Gasteiger partial charge in [0.25, 0.3) is 0 Å². The zero-order valence-electron chi connectivity index (χ0n) is 22.0. The fraction of sp³-hybridized carbons (Fsp3) is 0.481. The summed E-state index contributed by atoms with van der Waals surface area (Å²) < 4.78 is 37.4. The third-order valence-corrected chi connectivity index (χ3v) is 8.88. The Balaban J connectivity index is 1.63. The monoisotopic (exact) mass is 597 g/mol. The summed E-state index contributed by atoms with van der Waals surface area (Å²) in [4.78, 5) is 28.8. The number of anilines is 1. The molecule has 0 bridgehead atoms. The van der Waals surface area contributed by atoms with E-state index in [9.17, 15) is 18.0 Å². The first-order chi connectivity index (χ1) is 18.6. The minimum Gasteiger partial charge on any atom is -0.454 e. The molecule has 2 amide bonds. The molecule has 1 N–H and O–H groups in total. The standard InChI is InChI=1S/C27H33Cl2N3O6S/c1-3-23(27(34)30-19-7-5-4-6-8-19)31(15-18-9-11-21(28)22(29)13-18)26(33)16-32(39(2,35)36)20-10-12-24-25(14-20)38-17-37-24/h9-14,19,23H,3-8,15-17H2,1-2H3,(H,30,34). The summed E-state index contributed by atoms with van der Waals surface area (Å²) in [6.45, 7) is 1.40. The number of nitrogens with one attached hydrogen (secondary N) is 1. The molecule has 1 aliphatic carbocycles. The molecule has 2 aromatic carbocycles. The Labute approximate surface area is 239 Å². The van der Waals surface area contributed by atoms with Gasteiger partial charge in [-0.15, -0.1) is 0 Å². The molecule has 1 unspecified atom stereocenters. The van der Waals surface area contributed by atoms with Crippen molar-refractivity contribution in [3.05, 3.63) is 52.0 Å². The Morgan fingerprint density at radius 3 is 2.41 bits per heavy atom. The van der Waals surface area contributed by atoms with E-state index in [4.69, 9.17) is 32.7 Å². The SMILES string of the molecule is CCC(C(=O)NC1CCCCC1)N(Cc1ccc(Cl)c(Cl)c1)C(=O)CN(c1ccc2c(c1)OCO2)S(C)(=O)=O. The molecule has 0 saturated heterocycles. The van der Waals surface area contributed by atoms with Crippen molar-refractivity contribution < 1.29 is 27.5 Å². The van der Waals surface area contributed by atoms with E-state index in [1.807, 2.05) is 6.92 Å². The Kier molecular flexibility index (Phi) is 9.51. The molecule has 4 rings (SSSR count). The summed E-state index contributed by atoms with van der Waals surface area (Å²) in [6.07, 6.45) is 6.41. The fourth-order valence-corrected chi connectivity index (χ4v) is 6.11. The molecule has 1 aliphatic heterocycles. The summed E-state index contributed by atoms with van der Waals surface area (Å²) in [6, 6.07) is 8.91. The van der Waals surface area contributed by atoms with Crippen LogP contribution in [0.2, 0.25) is 10.0 Å². The second kappa shape index (κ2) is 12.7.